The zero-order chi connectivity index (χ0) is 13.0. The molecule has 1 saturated heterocycles. The summed E-state index contributed by atoms with van der Waals surface area (Å²) in [4.78, 5) is 18.7. The maximum Gasteiger partial charge on any atom is 0.228 e. The number of hydrogen-bond donors (Lipinski definition) is 1. The van der Waals surface area contributed by atoms with Crippen molar-refractivity contribution >= 4 is 5.91 Å². The van der Waals surface area contributed by atoms with Crippen LogP contribution in [0.5, 0.6) is 0 Å². The Morgan fingerprint density at radius 2 is 2.33 bits per heavy atom. The second-order valence-electron chi connectivity index (χ2n) is 4.84. The number of aromatic nitrogens is 1. The van der Waals surface area contributed by atoms with Gasteiger partial charge in [-0.3, -0.25) is 9.78 Å². The van der Waals surface area contributed by atoms with Crippen molar-refractivity contribution in [2.45, 2.75) is 32.7 Å². The van der Waals surface area contributed by atoms with E-state index < -0.39 is 0 Å². The Balaban J connectivity index is 2.02. The zero-order valence-corrected chi connectivity index (χ0v) is 11.1. The first-order valence-corrected chi connectivity index (χ1v) is 6.63. The highest BCUT2D eigenvalue weighted by Crippen LogP contribution is 2.11. The van der Waals surface area contributed by atoms with Gasteiger partial charge in [0, 0.05) is 25.8 Å². The Hall–Kier alpha value is -1.42. The van der Waals surface area contributed by atoms with Crippen LogP contribution in [0.1, 0.15) is 24.6 Å². The first-order valence-electron chi connectivity index (χ1n) is 6.63. The number of hydrogen-bond acceptors (Lipinski definition) is 3. The fraction of sp³-hybridized carbons (Fsp3) is 0.571. The lowest BCUT2D eigenvalue weighted by atomic mass is 10.1. The molecule has 1 amide bonds. The maximum absolute atomic E-state index is 12.3. The minimum absolute atomic E-state index is 0.199. The zero-order valence-electron chi connectivity index (χ0n) is 11.1. The van der Waals surface area contributed by atoms with Gasteiger partial charge in [0.25, 0.3) is 0 Å². The number of rotatable bonds is 5. The van der Waals surface area contributed by atoms with E-state index in [1.807, 2.05) is 24.0 Å². The second kappa shape index (κ2) is 5.96. The van der Waals surface area contributed by atoms with Gasteiger partial charge in [-0.15, -0.1) is 0 Å². The highest BCUT2D eigenvalue weighted by atomic mass is 16.2. The fourth-order valence-electron chi connectivity index (χ4n) is 2.19. The van der Waals surface area contributed by atoms with E-state index in [0.29, 0.717) is 12.5 Å². The van der Waals surface area contributed by atoms with Crippen LogP contribution in [0, 0.1) is 6.92 Å². The van der Waals surface area contributed by atoms with E-state index in [9.17, 15) is 4.79 Å². The highest BCUT2D eigenvalue weighted by Gasteiger charge is 2.27. The van der Waals surface area contributed by atoms with E-state index in [4.69, 9.17) is 0 Å². The molecule has 0 spiro atoms. The van der Waals surface area contributed by atoms with Crippen LogP contribution in [0.25, 0.3) is 0 Å². The van der Waals surface area contributed by atoms with E-state index in [1.165, 1.54) is 0 Å². The summed E-state index contributed by atoms with van der Waals surface area (Å²) in [5.41, 5.74) is 1.99. The Bertz CT molecular complexity index is 415. The van der Waals surface area contributed by atoms with E-state index in [1.54, 1.807) is 6.20 Å². The molecule has 1 aromatic rings. The smallest absolute Gasteiger partial charge is 0.228 e. The lowest BCUT2D eigenvalue weighted by Crippen LogP contribution is -2.59. The molecule has 0 aromatic carbocycles. The molecular formula is C14H21N3O. The van der Waals surface area contributed by atoms with E-state index in [2.05, 4.69) is 17.2 Å². The van der Waals surface area contributed by atoms with Crippen molar-refractivity contribution in [1.82, 2.24) is 15.2 Å². The molecule has 1 N–H and O–H groups in total. The average molecular weight is 247 g/mol. The van der Waals surface area contributed by atoms with Gasteiger partial charge < -0.3 is 10.2 Å². The van der Waals surface area contributed by atoms with Crippen LogP contribution in [0.3, 0.4) is 0 Å². The number of pyridine rings is 1. The van der Waals surface area contributed by atoms with Crippen LogP contribution in [0.2, 0.25) is 0 Å². The van der Waals surface area contributed by atoms with Crippen LogP contribution in [0.4, 0.5) is 0 Å². The van der Waals surface area contributed by atoms with Crippen molar-refractivity contribution in [2.24, 2.45) is 0 Å². The van der Waals surface area contributed by atoms with E-state index in [0.717, 1.165) is 37.3 Å². The van der Waals surface area contributed by atoms with Crippen molar-refractivity contribution in [3.63, 3.8) is 0 Å². The van der Waals surface area contributed by atoms with Gasteiger partial charge in [-0.1, -0.05) is 13.0 Å². The summed E-state index contributed by atoms with van der Waals surface area (Å²) in [6.45, 7) is 6.81. The third-order valence-electron chi connectivity index (χ3n) is 3.42. The molecule has 0 unspecified atom stereocenters. The molecule has 1 fully saturated rings. The standard InChI is InChI=1S/C14H21N3O/c1-3-7-17(12-9-15-10-12)14(18)8-13-11(2)5-4-6-16-13/h4-6,12,15H,3,7-10H2,1-2H3. The Morgan fingerprint density at radius 3 is 2.89 bits per heavy atom. The van der Waals surface area contributed by atoms with Gasteiger partial charge in [0.15, 0.2) is 0 Å². The molecule has 2 rings (SSSR count). The normalized spacial score (nSPS) is 15.2. The summed E-state index contributed by atoms with van der Waals surface area (Å²) in [5.74, 6) is 0.199. The second-order valence-corrected chi connectivity index (χ2v) is 4.84. The van der Waals surface area contributed by atoms with Crippen LogP contribution in [-0.2, 0) is 11.2 Å². The third kappa shape index (κ3) is 2.88. The highest BCUT2D eigenvalue weighted by molar-refractivity contribution is 5.79. The molecule has 18 heavy (non-hydrogen) atoms. The van der Waals surface area contributed by atoms with Crippen molar-refractivity contribution in [1.29, 1.82) is 0 Å². The first-order chi connectivity index (χ1) is 8.72. The summed E-state index contributed by atoms with van der Waals surface area (Å²) in [6.07, 6.45) is 3.18. The fourth-order valence-corrected chi connectivity index (χ4v) is 2.19. The molecule has 4 heteroatoms. The predicted molar refractivity (Wildman–Crippen MR) is 71.3 cm³/mol. The Labute approximate surface area is 108 Å². The Kier molecular flexibility index (Phi) is 4.31. The first kappa shape index (κ1) is 13.0. The summed E-state index contributed by atoms with van der Waals surface area (Å²) >= 11 is 0. The molecule has 0 aliphatic carbocycles. The van der Waals surface area contributed by atoms with Crippen LogP contribution in [0.15, 0.2) is 18.3 Å². The number of carbonyl (C=O) groups is 1. The largest absolute Gasteiger partial charge is 0.337 e. The molecule has 1 aliphatic rings. The molecule has 0 bridgehead atoms. The number of aryl methyl sites for hydroxylation is 1. The van der Waals surface area contributed by atoms with Crippen molar-refractivity contribution in [2.75, 3.05) is 19.6 Å². The number of carbonyl (C=O) groups excluding carboxylic acids is 1. The van der Waals surface area contributed by atoms with Gasteiger partial charge in [-0.25, -0.2) is 0 Å². The lowest BCUT2D eigenvalue weighted by Gasteiger charge is -2.38. The SMILES string of the molecule is CCCN(C(=O)Cc1ncccc1C)C1CNC1. The summed E-state index contributed by atoms with van der Waals surface area (Å²) in [6, 6.07) is 4.29. The molecule has 4 nitrogen and oxygen atoms in total. The monoisotopic (exact) mass is 247 g/mol. The molecule has 0 saturated carbocycles. The van der Waals surface area contributed by atoms with Crippen molar-refractivity contribution in [3.05, 3.63) is 29.6 Å². The third-order valence-corrected chi connectivity index (χ3v) is 3.42. The maximum atomic E-state index is 12.3. The van der Waals surface area contributed by atoms with Crippen molar-refractivity contribution < 1.29 is 4.79 Å². The molecule has 98 valence electrons. The predicted octanol–water partition coefficient (Wildman–Crippen LogP) is 1.14. The van der Waals surface area contributed by atoms with Crippen LogP contribution < -0.4 is 5.32 Å². The number of nitrogens with one attached hydrogen (secondary N) is 1. The number of nitrogens with zero attached hydrogens (tertiary/aromatic N) is 2. The van der Waals surface area contributed by atoms with Crippen LogP contribution in [-0.4, -0.2) is 41.5 Å². The number of amides is 1. The molecule has 0 atom stereocenters. The minimum Gasteiger partial charge on any atom is -0.337 e. The van der Waals surface area contributed by atoms with Gasteiger partial charge >= 0.3 is 0 Å². The topological polar surface area (TPSA) is 45.2 Å². The van der Waals surface area contributed by atoms with E-state index >= 15 is 0 Å². The van der Waals surface area contributed by atoms with Crippen LogP contribution >= 0.6 is 0 Å². The minimum atomic E-state index is 0.199. The summed E-state index contributed by atoms with van der Waals surface area (Å²) in [5, 5.41) is 3.22. The molecular weight excluding hydrogens is 226 g/mol. The average Bonchev–Trinajstić information content (AvgIpc) is 2.29. The summed E-state index contributed by atoms with van der Waals surface area (Å²) in [7, 11) is 0. The summed E-state index contributed by atoms with van der Waals surface area (Å²) < 4.78 is 0. The molecule has 0 radical (unpaired) electrons. The van der Waals surface area contributed by atoms with Gasteiger partial charge in [-0.2, -0.15) is 0 Å². The lowest BCUT2D eigenvalue weighted by molar-refractivity contribution is -0.133. The molecule has 1 aromatic heterocycles. The van der Waals surface area contributed by atoms with E-state index in [-0.39, 0.29) is 5.91 Å². The van der Waals surface area contributed by atoms with Gasteiger partial charge in [-0.05, 0) is 25.0 Å². The molecule has 1 aliphatic heterocycles. The van der Waals surface area contributed by atoms with Gasteiger partial charge in [0.05, 0.1) is 18.2 Å². The van der Waals surface area contributed by atoms with Crippen molar-refractivity contribution in [3.8, 4) is 0 Å². The van der Waals surface area contributed by atoms with Gasteiger partial charge in [0.1, 0.15) is 0 Å². The van der Waals surface area contributed by atoms with Gasteiger partial charge in [0.2, 0.25) is 5.91 Å². The molecule has 2 heterocycles. The quantitative estimate of drug-likeness (QED) is 0.848. The Morgan fingerprint density at radius 1 is 1.56 bits per heavy atom.